The van der Waals surface area contributed by atoms with Crippen molar-refractivity contribution in [2.75, 3.05) is 12.0 Å². The SMILES string of the molecule is CS(=O)CC(NC(=O)C1CCCC(N)C1)c1ccccc1.Cl. The van der Waals surface area contributed by atoms with Crippen molar-refractivity contribution >= 4 is 29.1 Å². The molecule has 4 unspecified atom stereocenters. The van der Waals surface area contributed by atoms with Crippen LogP contribution in [0, 0.1) is 5.92 Å². The molecule has 1 aromatic rings. The second-order valence-corrected chi connectivity index (χ2v) is 7.32. The molecule has 4 nitrogen and oxygen atoms in total. The summed E-state index contributed by atoms with van der Waals surface area (Å²) in [6.45, 7) is 0. The number of halogens is 1. The third kappa shape index (κ3) is 5.71. The lowest BCUT2D eigenvalue weighted by atomic mass is 9.85. The van der Waals surface area contributed by atoms with Gasteiger partial charge in [-0.1, -0.05) is 36.8 Å². The van der Waals surface area contributed by atoms with E-state index in [4.69, 9.17) is 5.73 Å². The maximum Gasteiger partial charge on any atom is 0.223 e. The number of nitrogens with one attached hydrogen (secondary N) is 1. The molecule has 2 rings (SSSR count). The molecule has 0 aliphatic heterocycles. The van der Waals surface area contributed by atoms with Crippen molar-refractivity contribution in [2.24, 2.45) is 11.7 Å². The normalized spacial score (nSPS) is 23.9. The first kappa shape index (κ1) is 19.1. The summed E-state index contributed by atoms with van der Waals surface area (Å²) >= 11 is 0. The highest BCUT2D eigenvalue weighted by molar-refractivity contribution is 7.84. The standard InChI is InChI=1S/C16H24N2O2S.ClH/c1-21(20)11-15(12-6-3-2-4-7-12)18-16(19)13-8-5-9-14(17)10-13;/h2-4,6-7,13-15H,5,8-11,17H2,1H3,(H,18,19);1H. The van der Waals surface area contributed by atoms with Crippen LogP contribution in [0.2, 0.25) is 0 Å². The second kappa shape index (κ2) is 9.28. The summed E-state index contributed by atoms with van der Waals surface area (Å²) in [4.78, 5) is 12.4. The molecule has 4 atom stereocenters. The Bertz CT molecular complexity index is 498. The van der Waals surface area contributed by atoms with Crippen molar-refractivity contribution in [3.63, 3.8) is 0 Å². The van der Waals surface area contributed by atoms with Gasteiger partial charge in [0.2, 0.25) is 5.91 Å². The van der Waals surface area contributed by atoms with E-state index in [1.54, 1.807) is 6.26 Å². The van der Waals surface area contributed by atoms with E-state index in [-0.39, 0.29) is 36.3 Å². The molecule has 1 fully saturated rings. The van der Waals surface area contributed by atoms with Crippen LogP contribution in [-0.4, -0.2) is 28.2 Å². The maximum atomic E-state index is 12.4. The monoisotopic (exact) mass is 344 g/mol. The zero-order valence-corrected chi connectivity index (χ0v) is 14.5. The molecule has 1 aromatic carbocycles. The van der Waals surface area contributed by atoms with Crippen LogP contribution < -0.4 is 11.1 Å². The Hall–Kier alpha value is -0.910. The minimum atomic E-state index is -0.964. The maximum absolute atomic E-state index is 12.4. The number of carbonyl (C=O) groups excluding carboxylic acids is 1. The highest BCUT2D eigenvalue weighted by Gasteiger charge is 2.27. The lowest BCUT2D eigenvalue weighted by Crippen LogP contribution is -2.40. The van der Waals surface area contributed by atoms with Crippen molar-refractivity contribution in [1.82, 2.24) is 5.32 Å². The molecular formula is C16H25ClN2O2S. The number of carbonyl (C=O) groups is 1. The summed E-state index contributed by atoms with van der Waals surface area (Å²) in [5, 5.41) is 3.07. The molecule has 0 spiro atoms. The van der Waals surface area contributed by atoms with Crippen LogP contribution in [0.4, 0.5) is 0 Å². The van der Waals surface area contributed by atoms with Gasteiger partial charge in [-0.15, -0.1) is 12.4 Å². The number of hydrogen-bond acceptors (Lipinski definition) is 3. The molecule has 1 aliphatic carbocycles. The lowest BCUT2D eigenvalue weighted by Gasteiger charge is -2.28. The molecule has 124 valence electrons. The van der Waals surface area contributed by atoms with Gasteiger partial charge in [-0.25, -0.2) is 0 Å². The Morgan fingerprint density at radius 3 is 2.64 bits per heavy atom. The summed E-state index contributed by atoms with van der Waals surface area (Å²) in [5.74, 6) is 0.476. The van der Waals surface area contributed by atoms with Gasteiger partial charge in [0, 0.05) is 34.8 Å². The highest BCUT2D eigenvalue weighted by Crippen LogP contribution is 2.24. The molecule has 6 heteroatoms. The van der Waals surface area contributed by atoms with E-state index < -0.39 is 10.8 Å². The fourth-order valence-corrected chi connectivity index (χ4v) is 3.64. The van der Waals surface area contributed by atoms with Gasteiger partial charge in [0.1, 0.15) is 0 Å². The topological polar surface area (TPSA) is 72.2 Å². The van der Waals surface area contributed by atoms with Gasteiger partial charge in [-0.3, -0.25) is 9.00 Å². The molecule has 0 heterocycles. The van der Waals surface area contributed by atoms with Crippen LogP contribution in [0.3, 0.4) is 0 Å². The Morgan fingerprint density at radius 2 is 2.05 bits per heavy atom. The van der Waals surface area contributed by atoms with Gasteiger partial charge in [0.25, 0.3) is 0 Å². The third-order valence-corrected chi connectivity index (χ3v) is 4.81. The van der Waals surface area contributed by atoms with Crippen LogP contribution in [0.1, 0.15) is 37.3 Å². The Labute approximate surface area is 141 Å². The predicted octanol–water partition coefficient (Wildman–Crippen LogP) is 2.16. The number of rotatable bonds is 5. The summed E-state index contributed by atoms with van der Waals surface area (Å²) in [7, 11) is -0.964. The molecule has 0 saturated heterocycles. The average Bonchev–Trinajstić information content (AvgIpc) is 2.47. The molecule has 0 radical (unpaired) electrons. The second-order valence-electron chi connectivity index (χ2n) is 5.84. The van der Waals surface area contributed by atoms with Gasteiger partial charge >= 0.3 is 0 Å². The van der Waals surface area contributed by atoms with Crippen LogP contribution in [0.5, 0.6) is 0 Å². The summed E-state index contributed by atoms with van der Waals surface area (Å²) in [6, 6.07) is 9.67. The minimum Gasteiger partial charge on any atom is -0.348 e. The average molecular weight is 345 g/mol. The van der Waals surface area contributed by atoms with Gasteiger partial charge < -0.3 is 11.1 Å². The van der Waals surface area contributed by atoms with Crippen molar-refractivity contribution in [2.45, 2.75) is 37.8 Å². The third-order valence-electron chi connectivity index (χ3n) is 4.01. The van der Waals surface area contributed by atoms with Crippen molar-refractivity contribution in [1.29, 1.82) is 0 Å². The molecule has 0 aromatic heterocycles. The molecule has 22 heavy (non-hydrogen) atoms. The molecular weight excluding hydrogens is 320 g/mol. The van der Waals surface area contributed by atoms with E-state index in [9.17, 15) is 9.00 Å². The van der Waals surface area contributed by atoms with E-state index in [1.807, 2.05) is 30.3 Å². The fraction of sp³-hybridized carbons (Fsp3) is 0.562. The molecule has 1 aliphatic rings. The Morgan fingerprint density at radius 1 is 1.36 bits per heavy atom. The first-order chi connectivity index (χ1) is 10.1. The number of hydrogen-bond donors (Lipinski definition) is 2. The first-order valence-corrected chi connectivity index (χ1v) is 9.20. The van der Waals surface area contributed by atoms with Crippen LogP contribution >= 0.6 is 12.4 Å². The van der Waals surface area contributed by atoms with Crippen LogP contribution in [0.15, 0.2) is 30.3 Å². The van der Waals surface area contributed by atoms with Gasteiger partial charge in [0.15, 0.2) is 0 Å². The van der Waals surface area contributed by atoms with E-state index in [0.717, 1.165) is 31.2 Å². The largest absolute Gasteiger partial charge is 0.348 e. The van der Waals surface area contributed by atoms with Gasteiger partial charge in [0.05, 0.1) is 6.04 Å². The smallest absolute Gasteiger partial charge is 0.223 e. The summed E-state index contributed by atoms with van der Waals surface area (Å²) in [6.07, 6.45) is 5.33. The van der Waals surface area contributed by atoms with Crippen LogP contribution in [0.25, 0.3) is 0 Å². The molecule has 1 amide bonds. The van der Waals surface area contributed by atoms with Gasteiger partial charge in [-0.05, 0) is 24.8 Å². The molecule has 0 bridgehead atoms. The first-order valence-electron chi connectivity index (χ1n) is 7.47. The van der Waals surface area contributed by atoms with Crippen LogP contribution in [-0.2, 0) is 15.6 Å². The van der Waals surface area contributed by atoms with Crippen molar-refractivity contribution < 1.29 is 9.00 Å². The van der Waals surface area contributed by atoms with Crippen molar-refractivity contribution in [3.05, 3.63) is 35.9 Å². The number of benzene rings is 1. The quantitative estimate of drug-likeness (QED) is 0.859. The highest BCUT2D eigenvalue weighted by atomic mass is 35.5. The predicted molar refractivity (Wildman–Crippen MR) is 93.4 cm³/mol. The Kier molecular flexibility index (Phi) is 8.07. The molecule has 3 N–H and O–H groups in total. The van der Waals surface area contributed by atoms with E-state index in [1.165, 1.54) is 0 Å². The number of nitrogens with two attached hydrogens (primary N) is 1. The number of amides is 1. The fourth-order valence-electron chi connectivity index (χ4n) is 2.90. The van der Waals surface area contributed by atoms with E-state index in [2.05, 4.69) is 5.32 Å². The van der Waals surface area contributed by atoms with Crippen molar-refractivity contribution in [3.8, 4) is 0 Å². The minimum absolute atomic E-state index is 0. The summed E-state index contributed by atoms with van der Waals surface area (Å²) in [5.41, 5.74) is 6.96. The van der Waals surface area contributed by atoms with E-state index >= 15 is 0 Å². The zero-order valence-electron chi connectivity index (χ0n) is 12.9. The Balaban J connectivity index is 0.00000242. The van der Waals surface area contributed by atoms with Gasteiger partial charge in [-0.2, -0.15) is 0 Å². The molecule has 1 saturated carbocycles. The van der Waals surface area contributed by atoms with E-state index in [0.29, 0.717) is 5.75 Å². The lowest BCUT2D eigenvalue weighted by molar-refractivity contribution is -0.126. The zero-order chi connectivity index (χ0) is 15.2. The summed E-state index contributed by atoms with van der Waals surface area (Å²) < 4.78 is 11.6.